The average Bonchev–Trinajstić information content (AvgIpc) is 3.06. The standard InChI is InChI=1S/C15H15F3N4O/c16-15(17,18)11-1-3-12(4-2-11)20-14(23)22-6-5-10-7-21(9-19)8-13(10)22/h1-4,10,13H,5-8H2,(H,20,23)/t10-,13+/m1/s1. The number of fused-ring (bicyclic) bond motifs is 1. The van der Waals surface area contributed by atoms with E-state index in [0.717, 1.165) is 18.6 Å². The number of benzene rings is 1. The van der Waals surface area contributed by atoms with Crippen molar-refractivity contribution >= 4 is 11.7 Å². The minimum absolute atomic E-state index is 0.0101. The smallest absolute Gasteiger partial charge is 0.319 e. The number of likely N-dealkylation sites (tertiary alicyclic amines) is 2. The molecule has 0 radical (unpaired) electrons. The summed E-state index contributed by atoms with van der Waals surface area (Å²) in [7, 11) is 0. The molecule has 0 spiro atoms. The maximum absolute atomic E-state index is 12.5. The highest BCUT2D eigenvalue weighted by Crippen LogP contribution is 2.32. The Hall–Kier alpha value is -2.43. The lowest BCUT2D eigenvalue weighted by molar-refractivity contribution is -0.137. The zero-order valence-electron chi connectivity index (χ0n) is 12.2. The monoisotopic (exact) mass is 324 g/mol. The van der Waals surface area contributed by atoms with Crippen LogP contribution in [-0.4, -0.2) is 41.5 Å². The van der Waals surface area contributed by atoms with Gasteiger partial charge in [-0.05, 0) is 30.7 Å². The third-order valence-corrected chi connectivity index (χ3v) is 4.41. The van der Waals surface area contributed by atoms with Gasteiger partial charge in [-0.3, -0.25) is 0 Å². The number of nitrogens with one attached hydrogen (secondary N) is 1. The van der Waals surface area contributed by atoms with Gasteiger partial charge in [0, 0.05) is 31.2 Å². The van der Waals surface area contributed by atoms with Crippen molar-refractivity contribution in [3.8, 4) is 6.19 Å². The molecule has 2 aliphatic heterocycles. The zero-order valence-corrected chi connectivity index (χ0v) is 12.2. The topological polar surface area (TPSA) is 59.4 Å². The third-order valence-electron chi connectivity index (χ3n) is 4.41. The first kappa shape index (κ1) is 15.5. The van der Waals surface area contributed by atoms with E-state index in [1.807, 2.05) is 0 Å². The van der Waals surface area contributed by atoms with Crippen molar-refractivity contribution < 1.29 is 18.0 Å². The maximum atomic E-state index is 12.5. The first-order chi connectivity index (χ1) is 10.9. The molecule has 2 atom stereocenters. The predicted octanol–water partition coefficient (Wildman–Crippen LogP) is 2.72. The third kappa shape index (κ3) is 3.04. The van der Waals surface area contributed by atoms with E-state index in [-0.39, 0.29) is 18.0 Å². The molecule has 2 amide bonds. The number of amides is 2. The Labute approximate surface area is 131 Å². The number of anilines is 1. The summed E-state index contributed by atoms with van der Waals surface area (Å²) < 4.78 is 37.6. The maximum Gasteiger partial charge on any atom is 0.416 e. The number of carbonyl (C=O) groups excluding carboxylic acids is 1. The van der Waals surface area contributed by atoms with Crippen LogP contribution in [-0.2, 0) is 6.18 Å². The van der Waals surface area contributed by atoms with Crippen LogP contribution in [0, 0.1) is 17.4 Å². The van der Waals surface area contributed by atoms with E-state index in [1.165, 1.54) is 12.1 Å². The Morgan fingerprint density at radius 2 is 1.96 bits per heavy atom. The first-order valence-electron chi connectivity index (χ1n) is 7.28. The van der Waals surface area contributed by atoms with Crippen molar-refractivity contribution in [1.82, 2.24) is 9.80 Å². The molecular formula is C15H15F3N4O. The van der Waals surface area contributed by atoms with Gasteiger partial charge in [0.1, 0.15) is 0 Å². The molecule has 0 unspecified atom stereocenters. The van der Waals surface area contributed by atoms with Gasteiger partial charge < -0.3 is 15.1 Å². The number of nitrogens with zero attached hydrogens (tertiary/aromatic N) is 3. The van der Waals surface area contributed by atoms with Crippen molar-refractivity contribution in [2.45, 2.75) is 18.6 Å². The van der Waals surface area contributed by atoms with Gasteiger partial charge in [-0.2, -0.15) is 18.4 Å². The van der Waals surface area contributed by atoms with Crippen LogP contribution in [0.4, 0.5) is 23.7 Å². The predicted molar refractivity (Wildman–Crippen MR) is 76.2 cm³/mol. The van der Waals surface area contributed by atoms with Crippen LogP contribution in [0.1, 0.15) is 12.0 Å². The minimum Gasteiger partial charge on any atom is -0.319 e. The summed E-state index contributed by atoms with van der Waals surface area (Å²) in [5.74, 6) is 0.285. The second-order valence-corrected chi connectivity index (χ2v) is 5.82. The van der Waals surface area contributed by atoms with Crippen LogP contribution >= 0.6 is 0 Å². The largest absolute Gasteiger partial charge is 0.416 e. The van der Waals surface area contributed by atoms with Crippen LogP contribution in [0.15, 0.2) is 24.3 Å². The van der Waals surface area contributed by atoms with E-state index in [4.69, 9.17) is 5.26 Å². The Morgan fingerprint density at radius 1 is 1.26 bits per heavy atom. The van der Waals surface area contributed by atoms with Crippen molar-refractivity contribution in [3.05, 3.63) is 29.8 Å². The Kier molecular flexibility index (Phi) is 3.80. The van der Waals surface area contributed by atoms with E-state index < -0.39 is 11.7 Å². The molecule has 0 aliphatic carbocycles. The van der Waals surface area contributed by atoms with Crippen molar-refractivity contribution in [1.29, 1.82) is 5.26 Å². The van der Waals surface area contributed by atoms with Gasteiger partial charge in [-0.15, -0.1) is 0 Å². The number of hydrogen-bond donors (Lipinski definition) is 1. The molecule has 23 heavy (non-hydrogen) atoms. The summed E-state index contributed by atoms with van der Waals surface area (Å²) in [5.41, 5.74) is -0.432. The lowest BCUT2D eigenvalue weighted by Gasteiger charge is -2.24. The minimum atomic E-state index is -4.39. The SMILES string of the molecule is N#CN1C[C@H]2CCN(C(=O)Nc3ccc(C(F)(F)F)cc3)[C@H]2C1. The molecule has 1 aromatic carbocycles. The number of hydrogen-bond acceptors (Lipinski definition) is 3. The number of rotatable bonds is 1. The molecule has 3 rings (SSSR count). The van der Waals surface area contributed by atoms with E-state index in [1.54, 1.807) is 9.80 Å². The highest BCUT2D eigenvalue weighted by molar-refractivity contribution is 5.89. The average molecular weight is 324 g/mol. The van der Waals surface area contributed by atoms with Crippen molar-refractivity contribution in [3.63, 3.8) is 0 Å². The molecule has 2 fully saturated rings. The molecule has 1 N–H and O–H groups in total. The normalized spacial score (nSPS) is 23.6. The summed E-state index contributed by atoms with van der Waals surface area (Å²) in [5, 5.41) is 11.6. The van der Waals surface area contributed by atoms with Gasteiger partial charge in [0.25, 0.3) is 0 Å². The molecule has 2 heterocycles. The lowest BCUT2D eigenvalue weighted by atomic mass is 10.1. The quantitative estimate of drug-likeness (QED) is 0.808. The van der Waals surface area contributed by atoms with Crippen LogP contribution < -0.4 is 5.32 Å². The Balaban J connectivity index is 1.65. The number of halogens is 3. The van der Waals surface area contributed by atoms with Gasteiger partial charge in [0.2, 0.25) is 0 Å². The lowest BCUT2D eigenvalue weighted by Crippen LogP contribution is -2.41. The zero-order chi connectivity index (χ0) is 16.6. The van der Waals surface area contributed by atoms with Gasteiger partial charge in [0.15, 0.2) is 6.19 Å². The molecular weight excluding hydrogens is 309 g/mol. The highest BCUT2D eigenvalue weighted by atomic mass is 19.4. The number of carbonyl (C=O) groups is 1. The van der Waals surface area contributed by atoms with E-state index in [0.29, 0.717) is 25.3 Å². The summed E-state index contributed by atoms with van der Waals surface area (Å²) in [6.45, 7) is 1.77. The summed E-state index contributed by atoms with van der Waals surface area (Å²) in [6.07, 6.45) is -1.47. The summed E-state index contributed by atoms with van der Waals surface area (Å²) >= 11 is 0. The second-order valence-electron chi connectivity index (χ2n) is 5.82. The molecule has 2 saturated heterocycles. The second kappa shape index (κ2) is 5.65. The molecule has 1 aromatic rings. The number of urea groups is 1. The fourth-order valence-corrected chi connectivity index (χ4v) is 3.23. The van der Waals surface area contributed by atoms with Gasteiger partial charge in [-0.25, -0.2) is 4.79 Å². The van der Waals surface area contributed by atoms with E-state index >= 15 is 0 Å². The fraction of sp³-hybridized carbons (Fsp3) is 0.467. The summed E-state index contributed by atoms with van der Waals surface area (Å²) in [4.78, 5) is 15.6. The Morgan fingerprint density at radius 3 is 2.57 bits per heavy atom. The highest BCUT2D eigenvalue weighted by Gasteiger charge is 2.43. The summed E-state index contributed by atoms with van der Waals surface area (Å²) in [6, 6.07) is 4.01. The molecule has 0 aromatic heterocycles. The molecule has 122 valence electrons. The van der Waals surface area contributed by atoms with Crippen molar-refractivity contribution in [2.24, 2.45) is 5.92 Å². The number of nitriles is 1. The molecule has 5 nitrogen and oxygen atoms in total. The van der Waals surface area contributed by atoms with Crippen LogP contribution in [0.3, 0.4) is 0 Å². The van der Waals surface area contributed by atoms with Gasteiger partial charge in [-0.1, -0.05) is 0 Å². The fourth-order valence-electron chi connectivity index (χ4n) is 3.23. The van der Waals surface area contributed by atoms with Crippen LogP contribution in [0.5, 0.6) is 0 Å². The van der Waals surface area contributed by atoms with Gasteiger partial charge >= 0.3 is 12.2 Å². The molecule has 8 heteroatoms. The van der Waals surface area contributed by atoms with Crippen molar-refractivity contribution in [2.75, 3.05) is 25.0 Å². The van der Waals surface area contributed by atoms with Crippen LogP contribution in [0.25, 0.3) is 0 Å². The van der Waals surface area contributed by atoms with Gasteiger partial charge in [0.05, 0.1) is 11.6 Å². The van der Waals surface area contributed by atoms with Crippen LogP contribution in [0.2, 0.25) is 0 Å². The van der Waals surface area contributed by atoms with E-state index in [9.17, 15) is 18.0 Å². The molecule has 2 aliphatic rings. The molecule has 0 bridgehead atoms. The Bertz CT molecular complexity index is 638. The first-order valence-corrected chi connectivity index (χ1v) is 7.28. The number of alkyl halides is 3. The molecule has 0 saturated carbocycles. The van der Waals surface area contributed by atoms with E-state index in [2.05, 4.69) is 11.5 Å².